The summed E-state index contributed by atoms with van der Waals surface area (Å²) < 4.78 is 5.18. The van der Waals surface area contributed by atoms with Crippen molar-refractivity contribution in [3.63, 3.8) is 0 Å². The summed E-state index contributed by atoms with van der Waals surface area (Å²) in [5.41, 5.74) is 0. The zero-order chi connectivity index (χ0) is 13.7. The number of nitrogens with one attached hydrogen (secondary N) is 1. The molecular formula is C13H16N2O4. The van der Waals surface area contributed by atoms with Gasteiger partial charge in [0.05, 0.1) is 0 Å². The Balaban J connectivity index is 2.02. The lowest BCUT2D eigenvalue weighted by Gasteiger charge is -2.33. The molecule has 1 aromatic rings. The van der Waals surface area contributed by atoms with Crippen molar-refractivity contribution in [2.75, 3.05) is 6.61 Å². The largest absolute Gasteiger partial charge is 0.441 e. The third-order valence-corrected chi connectivity index (χ3v) is 2.64. The summed E-state index contributed by atoms with van der Waals surface area (Å²) in [6.45, 7) is 1.78. The molecule has 1 aliphatic rings. The van der Waals surface area contributed by atoms with Crippen LogP contribution in [0.3, 0.4) is 0 Å². The highest BCUT2D eigenvalue weighted by atomic mass is 16.7. The zero-order valence-electron chi connectivity index (χ0n) is 10.7. The van der Waals surface area contributed by atoms with Gasteiger partial charge in [0.2, 0.25) is 5.91 Å². The first-order valence-corrected chi connectivity index (χ1v) is 6.19. The molecule has 6 heteroatoms. The molecule has 0 aromatic heterocycles. The van der Waals surface area contributed by atoms with Crippen LogP contribution in [-0.4, -0.2) is 29.8 Å². The number of para-hydroxylation sites is 1. The summed E-state index contributed by atoms with van der Waals surface area (Å²) in [5.74, 6) is 0.199. The van der Waals surface area contributed by atoms with E-state index in [-0.39, 0.29) is 12.5 Å². The number of hydroxylamine groups is 2. The van der Waals surface area contributed by atoms with Gasteiger partial charge in [-0.05, 0) is 18.6 Å². The SMILES string of the molecule is CCCC1NC(=O)CON1C(=O)Oc1ccccc1. The molecule has 1 heterocycles. The fourth-order valence-electron chi connectivity index (χ4n) is 1.78. The number of ether oxygens (including phenoxy) is 1. The third kappa shape index (κ3) is 3.45. The monoisotopic (exact) mass is 264 g/mol. The van der Waals surface area contributed by atoms with Crippen molar-refractivity contribution in [2.45, 2.75) is 25.9 Å². The summed E-state index contributed by atoms with van der Waals surface area (Å²) in [6.07, 6.45) is 0.297. The number of carbonyl (C=O) groups is 2. The lowest BCUT2D eigenvalue weighted by atomic mass is 10.2. The van der Waals surface area contributed by atoms with Gasteiger partial charge in [-0.3, -0.25) is 9.63 Å². The van der Waals surface area contributed by atoms with Crippen LogP contribution in [-0.2, 0) is 9.63 Å². The topological polar surface area (TPSA) is 67.9 Å². The first kappa shape index (κ1) is 13.4. The van der Waals surface area contributed by atoms with Crippen molar-refractivity contribution in [1.29, 1.82) is 0 Å². The van der Waals surface area contributed by atoms with E-state index in [0.717, 1.165) is 11.5 Å². The predicted octanol–water partition coefficient (Wildman–Crippen LogP) is 1.67. The van der Waals surface area contributed by atoms with Gasteiger partial charge in [0.25, 0.3) is 0 Å². The summed E-state index contributed by atoms with van der Waals surface area (Å²) in [7, 11) is 0. The first-order valence-electron chi connectivity index (χ1n) is 6.19. The van der Waals surface area contributed by atoms with E-state index >= 15 is 0 Å². The van der Waals surface area contributed by atoms with E-state index in [1.807, 2.05) is 13.0 Å². The minimum atomic E-state index is -0.635. The smallest absolute Gasteiger partial charge is 0.409 e. The number of hydrogen-bond donors (Lipinski definition) is 1. The molecular weight excluding hydrogens is 248 g/mol. The number of nitrogens with zero attached hydrogens (tertiary/aromatic N) is 1. The highest BCUT2D eigenvalue weighted by Gasteiger charge is 2.32. The number of carbonyl (C=O) groups excluding carboxylic acids is 2. The van der Waals surface area contributed by atoms with Gasteiger partial charge in [0.1, 0.15) is 11.9 Å². The Morgan fingerprint density at radius 3 is 2.89 bits per heavy atom. The van der Waals surface area contributed by atoms with Crippen molar-refractivity contribution in [1.82, 2.24) is 10.4 Å². The van der Waals surface area contributed by atoms with Gasteiger partial charge in [0.15, 0.2) is 6.61 Å². The lowest BCUT2D eigenvalue weighted by Crippen LogP contribution is -2.57. The maximum atomic E-state index is 12.0. The molecule has 1 aliphatic heterocycles. The van der Waals surface area contributed by atoms with E-state index in [1.54, 1.807) is 24.3 Å². The molecule has 19 heavy (non-hydrogen) atoms. The Hall–Kier alpha value is -2.08. The van der Waals surface area contributed by atoms with Crippen LogP contribution in [0.4, 0.5) is 4.79 Å². The van der Waals surface area contributed by atoms with Gasteiger partial charge in [-0.25, -0.2) is 4.79 Å². The van der Waals surface area contributed by atoms with Crippen molar-refractivity contribution in [3.8, 4) is 5.75 Å². The molecule has 1 N–H and O–H groups in total. The van der Waals surface area contributed by atoms with Crippen LogP contribution in [0.5, 0.6) is 5.75 Å². The van der Waals surface area contributed by atoms with E-state index in [9.17, 15) is 9.59 Å². The summed E-state index contributed by atoms with van der Waals surface area (Å²) in [6, 6.07) is 8.72. The molecule has 6 nitrogen and oxygen atoms in total. The second-order valence-electron chi connectivity index (χ2n) is 4.15. The Labute approximate surface area is 111 Å². The number of benzene rings is 1. The molecule has 1 unspecified atom stereocenters. The highest BCUT2D eigenvalue weighted by Crippen LogP contribution is 2.15. The molecule has 102 valence electrons. The highest BCUT2D eigenvalue weighted by molar-refractivity contribution is 5.79. The molecule has 1 fully saturated rings. The molecule has 0 bridgehead atoms. The fourth-order valence-corrected chi connectivity index (χ4v) is 1.78. The molecule has 0 spiro atoms. The van der Waals surface area contributed by atoms with Gasteiger partial charge in [-0.1, -0.05) is 31.5 Å². The molecule has 2 rings (SSSR count). The second kappa shape index (κ2) is 6.19. The maximum Gasteiger partial charge on any atom is 0.441 e. The van der Waals surface area contributed by atoms with Crippen LogP contribution in [0.25, 0.3) is 0 Å². The van der Waals surface area contributed by atoms with Gasteiger partial charge < -0.3 is 10.1 Å². The molecule has 0 saturated carbocycles. The van der Waals surface area contributed by atoms with E-state index in [0.29, 0.717) is 12.2 Å². The first-order chi connectivity index (χ1) is 9.20. The fraction of sp³-hybridized carbons (Fsp3) is 0.385. The third-order valence-electron chi connectivity index (χ3n) is 2.64. The molecule has 0 radical (unpaired) electrons. The Kier molecular flexibility index (Phi) is 4.35. The molecule has 1 aromatic carbocycles. The van der Waals surface area contributed by atoms with Gasteiger partial charge in [0, 0.05) is 0 Å². The van der Waals surface area contributed by atoms with Crippen molar-refractivity contribution in [2.24, 2.45) is 0 Å². The van der Waals surface area contributed by atoms with Gasteiger partial charge >= 0.3 is 6.09 Å². The zero-order valence-corrected chi connectivity index (χ0v) is 10.7. The van der Waals surface area contributed by atoms with Crippen molar-refractivity contribution >= 4 is 12.0 Å². The van der Waals surface area contributed by atoms with E-state index in [4.69, 9.17) is 9.57 Å². The maximum absolute atomic E-state index is 12.0. The Morgan fingerprint density at radius 2 is 2.21 bits per heavy atom. The van der Waals surface area contributed by atoms with Crippen LogP contribution in [0.1, 0.15) is 19.8 Å². The average molecular weight is 264 g/mol. The van der Waals surface area contributed by atoms with E-state index < -0.39 is 12.3 Å². The minimum Gasteiger partial charge on any atom is -0.409 e. The second-order valence-corrected chi connectivity index (χ2v) is 4.15. The van der Waals surface area contributed by atoms with Crippen LogP contribution in [0.15, 0.2) is 30.3 Å². The average Bonchev–Trinajstić information content (AvgIpc) is 2.40. The molecule has 0 aliphatic carbocycles. The van der Waals surface area contributed by atoms with E-state index in [2.05, 4.69) is 5.32 Å². The van der Waals surface area contributed by atoms with Gasteiger partial charge in [-0.2, -0.15) is 5.06 Å². The predicted molar refractivity (Wildman–Crippen MR) is 67.1 cm³/mol. The van der Waals surface area contributed by atoms with Crippen LogP contribution in [0, 0.1) is 0 Å². The quantitative estimate of drug-likeness (QED) is 0.901. The van der Waals surface area contributed by atoms with Crippen LogP contribution in [0.2, 0.25) is 0 Å². The summed E-state index contributed by atoms with van der Waals surface area (Å²) in [5, 5.41) is 3.78. The molecule has 2 amide bonds. The normalized spacial score (nSPS) is 18.9. The van der Waals surface area contributed by atoms with Crippen LogP contribution < -0.4 is 10.1 Å². The number of amides is 2. The number of hydrogen-bond acceptors (Lipinski definition) is 4. The Morgan fingerprint density at radius 1 is 1.47 bits per heavy atom. The number of rotatable bonds is 3. The van der Waals surface area contributed by atoms with E-state index in [1.165, 1.54) is 0 Å². The Bertz CT molecular complexity index is 449. The van der Waals surface area contributed by atoms with Crippen molar-refractivity contribution < 1.29 is 19.2 Å². The molecule has 1 saturated heterocycles. The summed E-state index contributed by atoms with van der Waals surface area (Å²) in [4.78, 5) is 28.4. The van der Waals surface area contributed by atoms with Crippen LogP contribution >= 0.6 is 0 Å². The van der Waals surface area contributed by atoms with Crippen molar-refractivity contribution in [3.05, 3.63) is 30.3 Å². The lowest BCUT2D eigenvalue weighted by molar-refractivity contribution is -0.193. The minimum absolute atomic E-state index is 0.176. The summed E-state index contributed by atoms with van der Waals surface area (Å²) >= 11 is 0. The standard InChI is InChI=1S/C13H16N2O4/c1-2-6-11-14-12(16)9-18-15(11)13(17)19-10-7-4-3-5-8-10/h3-5,7-8,11H,2,6,9H2,1H3,(H,14,16). The van der Waals surface area contributed by atoms with Gasteiger partial charge in [-0.15, -0.1) is 0 Å². The molecule has 1 atom stereocenters.